The summed E-state index contributed by atoms with van der Waals surface area (Å²) in [6.07, 6.45) is 3.36. The molecule has 0 saturated carbocycles. The fourth-order valence-corrected chi connectivity index (χ4v) is 3.51. The van der Waals surface area contributed by atoms with E-state index < -0.39 is 0 Å². The summed E-state index contributed by atoms with van der Waals surface area (Å²) in [7, 11) is 0. The second-order valence-corrected chi connectivity index (χ2v) is 7.74. The zero-order valence-corrected chi connectivity index (χ0v) is 15.0. The maximum absolute atomic E-state index is 9.56. The van der Waals surface area contributed by atoms with Gasteiger partial charge in [-0.1, -0.05) is 26.3 Å². The summed E-state index contributed by atoms with van der Waals surface area (Å²) in [6.45, 7) is 10.9. The first-order chi connectivity index (χ1) is 9.86. The monoisotopic (exact) mass is 309 g/mol. The lowest BCUT2D eigenvalue weighted by Gasteiger charge is -2.31. The number of hydrogen-bond donors (Lipinski definition) is 2. The topological polar surface area (TPSA) is 32.3 Å². The van der Waals surface area contributed by atoms with Gasteiger partial charge in [0, 0.05) is 16.5 Å². The maximum atomic E-state index is 9.56. The van der Waals surface area contributed by atoms with Crippen molar-refractivity contribution in [2.45, 2.75) is 70.4 Å². The fourth-order valence-electron chi connectivity index (χ4n) is 2.50. The highest BCUT2D eigenvalue weighted by Crippen LogP contribution is 2.23. The molecule has 120 valence electrons. The van der Waals surface area contributed by atoms with Crippen LogP contribution in [0.5, 0.6) is 0 Å². The van der Waals surface area contributed by atoms with Gasteiger partial charge in [-0.2, -0.15) is 0 Å². The predicted octanol–water partition coefficient (Wildman–Crippen LogP) is 4.31. The molecule has 0 aliphatic carbocycles. The van der Waals surface area contributed by atoms with Crippen LogP contribution >= 0.6 is 11.8 Å². The van der Waals surface area contributed by atoms with Crippen molar-refractivity contribution in [1.29, 1.82) is 0 Å². The molecule has 2 N–H and O–H groups in total. The molecule has 0 aliphatic rings. The molecule has 0 bridgehead atoms. The Morgan fingerprint density at radius 3 is 2.48 bits per heavy atom. The minimum Gasteiger partial charge on any atom is -0.394 e. The van der Waals surface area contributed by atoms with Gasteiger partial charge in [-0.05, 0) is 62.6 Å². The van der Waals surface area contributed by atoms with E-state index in [4.69, 9.17) is 0 Å². The summed E-state index contributed by atoms with van der Waals surface area (Å²) >= 11 is 1.93. The number of aliphatic hydroxyl groups is 1. The first kappa shape index (κ1) is 18.5. The summed E-state index contributed by atoms with van der Waals surface area (Å²) < 4.78 is 0. The van der Waals surface area contributed by atoms with Crippen LogP contribution in [-0.2, 0) is 0 Å². The van der Waals surface area contributed by atoms with Gasteiger partial charge in [-0.3, -0.25) is 0 Å². The van der Waals surface area contributed by atoms with Crippen molar-refractivity contribution < 1.29 is 5.11 Å². The third-order valence-corrected chi connectivity index (χ3v) is 4.94. The Bertz CT molecular complexity index is 433. The quantitative estimate of drug-likeness (QED) is 0.526. The smallest absolute Gasteiger partial charge is 0.0610 e. The van der Waals surface area contributed by atoms with Gasteiger partial charge in [0.2, 0.25) is 0 Å². The van der Waals surface area contributed by atoms with Crippen LogP contribution in [0.2, 0.25) is 0 Å². The lowest BCUT2D eigenvalue weighted by Crippen LogP contribution is -2.49. The van der Waals surface area contributed by atoms with Crippen LogP contribution in [0, 0.1) is 13.8 Å². The SMILES string of the molecule is Cc1ccc(SCCCCC(C)(CO)NC(C)C)cc1C. The van der Waals surface area contributed by atoms with E-state index >= 15 is 0 Å². The van der Waals surface area contributed by atoms with Gasteiger partial charge >= 0.3 is 0 Å². The first-order valence-electron chi connectivity index (χ1n) is 7.95. The van der Waals surface area contributed by atoms with Gasteiger partial charge in [0.05, 0.1) is 6.61 Å². The molecule has 0 aliphatic heterocycles. The Labute approximate surface area is 134 Å². The van der Waals surface area contributed by atoms with Crippen LogP contribution in [0.1, 0.15) is 51.2 Å². The minimum absolute atomic E-state index is 0.140. The van der Waals surface area contributed by atoms with Crippen molar-refractivity contribution in [2.75, 3.05) is 12.4 Å². The number of benzene rings is 1. The molecule has 21 heavy (non-hydrogen) atoms. The molecule has 0 fully saturated rings. The molecule has 3 heteroatoms. The molecule has 0 aromatic heterocycles. The number of hydrogen-bond acceptors (Lipinski definition) is 3. The number of thioether (sulfide) groups is 1. The Morgan fingerprint density at radius 1 is 1.19 bits per heavy atom. The number of rotatable bonds is 9. The van der Waals surface area contributed by atoms with Gasteiger partial charge in [0.25, 0.3) is 0 Å². The largest absolute Gasteiger partial charge is 0.394 e. The molecule has 1 aromatic carbocycles. The van der Waals surface area contributed by atoms with Crippen LogP contribution in [0.3, 0.4) is 0 Å². The number of nitrogens with one attached hydrogen (secondary N) is 1. The minimum atomic E-state index is -0.140. The highest BCUT2D eigenvalue weighted by Gasteiger charge is 2.22. The predicted molar refractivity (Wildman–Crippen MR) is 94.3 cm³/mol. The van der Waals surface area contributed by atoms with E-state index in [2.05, 4.69) is 58.1 Å². The van der Waals surface area contributed by atoms with Crippen molar-refractivity contribution in [3.05, 3.63) is 29.3 Å². The Hall–Kier alpha value is -0.510. The molecule has 0 amide bonds. The molecule has 2 nitrogen and oxygen atoms in total. The van der Waals surface area contributed by atoms with Crippen molar-refractivity contribution >= 4 is 11.8 Å². The fraction of sp³-hybridized carbons (Fsp3) is 0.667. The summed E-state index contributed by atoms with van der Waals surface area (Å²) in [5.74, 6) is 1.14. The summed E-state index contributed by atoms with van der Waals surface area (Å²) in [5.41, 5.74) is 2.59. The Morgan fingerprint density at radius 2 is 1.90 bits per heavy atom. The van der Waals surface area contributed by atoms with Crippen molar-refractivity contribution in [3.8, 4) is 0 Å². The van der Waals surface area contributed by atoms with Crippen LogP contribution < -0.4 is 5.32 Å². The van der Waals surface area contributed by atoms with Gasteiger partial charge in [0.1, 0.15) is 0 Å². The normalized spacial score (nSPS) is 14.4. The van der Waals surface area contributed by atoms with E-state index in [1.807, 2.05) is 11.8 Å². The number of unbranched alkanes of at least 4 members (excludes halogenated alkanes) is 1. The summed E-state index contributed by atoms with van der Waals surface area (Å²) in [4.78, 5) is 1.36. The molecular weight excluding hydrogens is 278 g/mol. The Balaban J connectivity index is 2.29. The van der Waals surface area contributed by atoms with Gasteiger partial charge in [-0.25, -0.2) is 0 Å². The third kappa shape index (κ3) is 6.86. The Kier molecular flexibility index (Phi) is 7.78. The van der Waals surface area contributed by atoms with Crippen LogP contribution in [-0.4, -0.2) is 29.0 Å². The average molecular weight is 310 g/mol. The number of aryl methyl sites for hydroxylation is 2. The standard InChI is InChI=1S/C18H31NOS/c1-14(2)19-18(5,13-20)10-6-7-11-21-17-9-8-15(3)16(4)12-17/h8-9,12,14,19-20H,6-7,10-11,13H2,1-5H3. The van der Waals surface area contributed by atoms with E-state index in [0.29, 0.717) is 6.04 Å². The molecule has 1 unspecified atom stereocenters. The van der Waals surface area contributed by atoms with Gasteiger partial charge < -0.3 is 10.4 Å². The van der Waals surface area contributed by atoms with E-state index in [1.54, 1.807) is 0 Å². The van der Waals surface area contributed by atoms with Gasteiger partial charge in [0.15, 0.2) is 0 Å². The first-order valence-corrected chi connectivity index (χ1v) is 8.93. The second kappa shape index (κ2) is 8.82. The average Bonchev–Trinajstić information content (AvgIpc) is 2.41. The van der Waals surface area contributed by atoms with Crippen molar-refractivity contribution in [3.63, 3.8) is 0 Å². The highest BCUT2D eigenvalue weighted by molar-refractivity contribution is 7.99. The molecular formula is C18H31NOS. The summed E-state index contributed by atoms with van der Waals surface area (Å²) in [5, 5.41) is 13.0. The van der Waals surface area contributed by atoms with Crippen LogP contribution in [0.25, 0.3) is 0 Å². The van der Waals surface area contributed by atoms with E-state index in [1.165, 1.54) is 22.4 Å². The molecule has 0 radical (unpaired) electrons. The van der Waals surface area contributed by atoms with Crippen LogP contribution in [0.15, 0.2) is 23.1 Å². The third-order valence-electron chi connectivity index (χ3n) is 3.86. The highest BCUT2D eigenvalue weighted by atomic mass is 32.2. The number of aliphatic hydroxyl groups excluding tert-OH is 1. The lowest BCUT2D eigenvalue weighted by atomic mass is 9.95. The zero-order chi connectivity index (χ0) is 15.9. The van der Waals surface area contributed by atoms with E-state index in [-0.39, 0.29) is 12.1 Å². The van der Waals surface area contributed by atoms with E-state index in [9.17, 15) is 5.11 Å². The molecule has 0 saturated heterocycles. The molecule has 1 atom stereocenters. The van der Waals surface area contributed by atoms with Gasteiger partial charge in [-0.15, -0.1) is 11.8 Å². The molecule has 0 heterocycles. The van der Waals surface area contributed by atoms with E-state index in [0.717, 1.165) is 18.6 Å². The maximum Gasteiger partial charge on any atom is 0.0610 e. The van der Waals surface area contributed by atoms with Crippen molar-refractivity contribution in [1.82, 2.24) is 5.32 Å². The van der Waals surface area contributed by atoms with Crippen molar-refractivity contribution in [2.24, 2.45) is 0 Å². The second-order valence-electron chi connectivity index (χ2n) is 6.57. The molecule has 1 rings (SSSR count). The molecule has 0 spiro atoms. The molecule has 1 aromatic rings. The zero-order valence-electron chi connectivity index (χ0n) is 14.2. The summed E-state index contributed by atoms with van der Waals surface area (Å²) in [6, 6.07) is 7.10. The lowest BCUT2D eigenvalue weighted by molar-refractivity contribution is 0.154. The van der Waals surface area contributed by atoms with Crippen LogP contribution in [0.4, 0.5) is 0 Å².